The summed E-state index contributed by atoms with van der Waals surface area (Å²) in [4.78, 5) is 5.61. The lowest BCUT2D eigenvalue weighted by Crippen LogP contribution is -1.96. The molecule has 0 radical (unpaired) electrons. The van der Waals surface area contributed by atoms with E-state index in [9.17, 15) is 4.39 Å². The Morgan fingerprint density at radius 2 is 1.68 bits per heavy atom. The molecule has 0 atom stereocenters. The molecular weight excluding hydrogens is 329 g/mol. The number of para-hydroxylation sites is 1. The molecule has 25 heavy (non-hydrogen) atoms. The molecular formula is C22H18FNS. The Morgan fingerprint density at radius 3 is 2.40 bits per heavy atom. The van der Waals surface area contributed by atoms with Gasteiger partial charge in [-0.25, -0.2) is 9.38 Å². The minimum absolute atomic E-state index is 0.227. The van der Waals surface area contributed by atoms with Crippen LogP contribution in [0.3, 0.4) is 0 Å². The lowest BCUT2D eigenvalue weighted by atomic mass is 10.1. The molecule has 3 heteroatoms. The summed E-state index contributed by atoms with van der Waals surface area (Å²) in [6, 6.07) is 24.7. The van der Waals surface area contributed by atoms with Gasteiger partial charge in [-0.2, -0.15) is 0 Å². The Balaban J connectivity index is 1.87. The van der Waals surface area contributed by atoms with E-state index in [-0.39, 0.29) is 5.82 Å². The van der Waals surface area contributed by atoms with Crippen molar-refractivity contribution in [3.05, 3.63) is 107 Å². The van der Waals surface area contributed by atoms with Gasteiger partial charge in [-0.15, -0.1) is 0 Å². The highest BCUT2D eigenvalue weighted by atomic mass is 32.2. The molecule has 0 unspecified atom stereocenters. The Morgan fingerprint density at radius 1 is 0.920 bits per heavy atom. The Labute approximate surface area is 151 Å². The van der Waals surface area contributed by atoms with Crippen LogP contribution in [0.5, 0.6) is 0 Å². The van der Waals surface area contributed by atoms with Crippen LogP contribution in [-0.4, -0.2) is 5.71 Å². The van der Waals surface area contributed by atoms with E-state index in [2.05, 4.69) is 31.2 Å². The van der Waals surface area contributed by atoms with Crippen molar-refractivity contribution in [3.8, 4) is 0 Å². The van der Waals surface area contributed by atoms with Crippen LogP contribution in [0.1, 0.15) is 11.1 Å². The number of nitrogens with zero attached hydrogens (tertiary/aromatic N) is 1. The molecule has 1 nitrogen and oxygen atoms in total. The first kappa shape index (κ1) is 17.2. The smallest absolute Gasteiger partial charge is 0.124 e. The van der Waals surface area contributed by atoms with Crippen LogP contribution in [0.4, 0.5) is 10.1 Å². The van der Waals surface area contributed by atoms with Gasteiger partial charge < -0.3 is 0 Å². The Kier molecular flexibility index (Phi) is 5.81. The maximum absolute atomic E-state index is 13.3. The van der Waals surface area contributed by atoms with Crippen LogP contribution >= 0.6 is 11.8 Å². The summed E-state index contributed by atoms with van der Waals surface area (Å²) in [6.07, 6.45) is 1.97. The molecule has 3 aromatic carbocycles. The van der Waals surface area contributed by atoms with E-state index in [1.165, 1.54) is 29.5 Å². The van der Waals surface area contributed by atoms with E-state index in [4.69, 9.17) is 4.99 Å². The third-order valence-electron chi connectivity index (χ3n) is 3.58. The first-order valence-electron chi connectivity index (χ1n) is 8.00. The fourth-order valence-electron chi connectivity index (χ4n) is 2.28. The molecule has 0 amide bonds. The summed E-state index contributed by atoms with van der Waals surface area (Å²) in [6.45, 7) is 2.06. The molecule has 0 heterocycles. The zero-order valence-electron chi connectivity index (χ0n) is 13.9. The number of allylic oxidation sites excluding steroid dienone is 1. The first-order valence-corrected chi connectivity index (χ1v) is 8.88. The molecule has 0 aliphatic rings. The summed E-state index contributed by atoms with van der Waals surface area (Å²) in [5.41, 5.74) is 4.03. The van der Waals surface area contributed by atoms with Crippen molar-refractivity contribution in [1.29, 1.82) is 0 Å². The fourth-order valence-corrected chi connectivity index (χ4v) is 2.97. The minimum atomic E-state index is -0.227. The molecule has 0 spiro atoms. The maximum Gasteiger partial charge on any atom is 0.124 e. The topological polar surface area (TPSA) is 12.4 Å². The summed E-state index contributed by atoms with van der Waals surface area (Å²) in [5, 5.41) is 1.94. The average molecular weight is 347 g/mol. The molecule has 0 fully saturated rings. The van der Waals surface area contributed by atoms with E-state index in [1.54, 1.807) is 6.07 Å². The maximum atomic E-state index is 13.3. The fraction of sp³-hybridized carbons (Fsp3) is 0.0455. The lowest BCUT2D eigenvalue weighted by molar-refractivity contribution is 0.624. The molecule has 0 aromatic heterocycles. The second kappa shape index (κ2) is 8.45. The van der Waals surface area contributed by atoms with E-state index < -0.39 is 0 Å². The minimum Gasteiger partial charge on any atom is -0.248 e. The zero-order valence-corrected chi connectivity index (χ0v) is 14.7. The van der Waals surface area contributed by atoms with Crippen molar-refractivity contribution in [2.24, 2.45) is 4.99 Å². The first-order chi connectivity index (χ1) is 12.2. The van der Waals surface area contributed by atoms with Gasteiger partial charge >= 0.3 is 0 Å². The van der Waals surface area contributed by atoms with Crippen molar-refractivity contribution >= 4 is 23.2 Å². The number of benzene rings is 3. The van der Waals surface area contributed by atoms with Gasteiger partial charge in [-0.3, -0.25) is 0 Å². The largest absolute Gasteiger partial charge is 0.248 e. The number of aryl methyl sites for hydroxylation is 1. The Bertz CT molecular complexity index is 883. The molecule has 0 N–H and O–H groups in total. The highest BCUT2D eigenvalue weighted by molar-refractivity contribution is 8.02. The summed E-state index contributed by atoms with van der Waals surface area (Å²) < 4.78 is 13.3. The van der Waals surface area contributed by atoms with E-state index >= 15 is 0 Å². The molecule has 3 aromatic rings. The van der Waals surface area contributed by atoms with Crippen molar-refractivity contribution in [3.63, 3.8) is 0 Å². The van der Waals surface area contributed by atoms with Crippen molar-refractivity contribution in [2.45, 2.75) is 11.8 Å². The quantitative estimate of drug-likeness (QED) is 0.376. The van der Waals surface area contributed by atoms with Gasteiger partial charge in [-0.1, -0.05) is 65.9 Å². The third kappa shape index (κ3) is 5.16. The third-order valence-corrected chi connectivity index (χ3v) is 4.38. The monoisotopic (exact) mass is 347 g/mol. The molecule has 0 saturated heterocycles. The number of hydrogen-bond acceptors (Lipinski definition) is 2. The molecule has 3 rings (SSSR count). The van der Waals surface area contributed by atoms with Gasteiger partial charge in [-0.05, 0) is 48.7 Å². The zero-order chi connectivity index (χ0) is 17.5. The van der Waals surface area contributed by atoms with Crippen molar-refractivity contribution in [1.82, 2.24) is 0 Å². The summed E-state index contributed by atoms with van der Waals surface area (Å²) in [7, 11) is 0. The Hall–Kier alpha value is -2.65. The van der Waals surface area contributed by atoms with Crippen molar-refractivity contribution < 1.29 is 4.39 Å². The van der Waals surface area contributed by atoms with Crippen LogP contribution in [0.2, 0.25) is 0 Å². The van der Waals surface area contributed by atoms with Crippen LogP contribution in [-0.2, 0) is 0 Å². The number of thioether (sulfide) groups is 1. The van der Waals surface area contributed by atoms with Gasteiger partial charge in [0.2, 0.25) is 0 Å². The number of aliphatic imine (C=N–C) groups is 1. The summed E-state index contributed by atoms with van der Waals surface area (Å²) >= 11 is 1.47. The van der Waals surface area contributed by atoms with Crippen LogP contribution in [0.25, 0.3) is 0 Å². The standard InChI is InChI=1S/C22H18FNS/c1-17-10-12-18(13-11-17)22(24-20-7-3-2-4-8-20)14-15-25-21-9-5-6-19(23)16-21/h2-16H,1H3. The van der Waals surface area contributed by atoms with Gasteiger partial charge in [0, 0.05) is 10.5 Å². The molecule has 124 valence electrons. The van der Waals surface area contributed by atoms with Gasteiger partial charge in [0.05, 0.1) is 11.4 Å². The molecule has 0 bridgehead atoms. The molecule has 0 aliphatic carbocycles. The van der Waals surface area contributed by atoms with Gasteiger partial charge in [0.15, 0.2) is 0 Å². The van der Waals surface area contributed by atoms with Gasteiger partial charge in [0.1, 0.15) is 5.82 Å². The highest BCUT2D eigenvalue weighted by Gasteiger charge is 2.01. The second-order valence-electron chi connectivity index (χ2n) is 5.58. The molecule has 0 aliphatic heterocycles. The SMILES string of the molecule is Cc1ccc(C(C=CSc2cccc(F)c2)=Nc2ccccc2)cc1. The second-order valence-corrected chi connectivity index (χ2v) is 6.56. The van der Waals surface area contributed by atoms with Crippen molar-refractivity contribution in [2.75, 3.05) is 0 Å². The van der Waals surface area contributed by atoms with E-state index in [0.717, 1.165) is 21.9 Å². The normalized spacial score (nSPS) is 11.8. The number of halogens is 1. The lowest BCUT2D eigenvalue weighted by Gasteiger charge is -2.04. The predicted octanol–water partition coefficient (Wildman–Crippen LogP) is 6.56. The van der Waals surface area contributed by atoms with Crippen LogP contribution in [0, 0.1) is 12.7 Å². The van der Waals surface area contributed by atoms with E-state index in [1.807, 2.05) is 47.9 Å². The van der Waals surface area contributed by atoms with Crippen LogP contribution < -0.4 is 0 Å². The highest BCUT2D eigenvalue weighted by Crippen LogP contribution is 2.21. The number of hydrogen-bond donors (Lipinski definition) is 0. The average Bonchev–Trinajstić information content (AvgIpc) is 2.63. The van der Waals surface area contributed by atoms with Crippen LogP contribution in [0.15, 0.2) is 100 Å². The van der Waals surface area contributed by atoms with E-state index in [0.29, 0.717) is 0 Å². The molecule has 0 saturated carbocycles. The predicted molar refractivity (Wildman–Crippen MR) is 105 cm³/mol. The summed E-state index contributed by atoms with van der Waals surface area (Å²) in [5.74, 6) is -0.227. The number of rotatable bonds is 5. The van der Waals surface area contributed by atoms with Gasteiger partial charge in [0.25, 0.3) is 0 Å².